The molecule has 18 heavy (non-hydrogen) atoms. The van der Waals surface area contributed by atoms with Crippen LogP contribution in [0.15, 0.2) is 30.5 Å². The molecule has 0 atom stereocenters. The zero-order chi connectivity index (χ0) is 13.0. The molecular formula is C13H16FN3O. The normalized spacial score (nSPS) is 10.6. The number of imidazole rings is 1. The Morgan fingerprint density at radius 2 is 2.28 bits per heavy atom. The van der Waals surface area contributed by atoms with E-state index in [1.54, 1.807) is 19.2 Å². The van der Waals surface area contributed by atoms with Gasteiger partial charge in [0.2, 0.25) is 5.95 Å². The minimum Gasteiger partial charge on any atom is -0.383 e. The lowest BCUT2D eigenvalue weighted by molar-refractivity contribution is 0.188. The number of aromatic nitrogens is 2. The number of aryl methyl sites for hydroxylation is 1. The van der Waals surface area contributed by atoms with Crippen LogP contribution < -0.4 is 5.32 Å². The smallest absolute Gasteiger partial charge is 0.207 e. The molecule has 1 aromatic carbocycles. The van der Waals surface area contributed by atoms with Gasteiger partial charge in [0.15, 0.2) is 0 Å². The predicted octanol–water partition coefficient (Wildman–Crippen LogP) is 2.72. The number of anilines is 2. The van der Waals surface area contributed by atoms with E-state index in [0.29, 0.717) is 24.8 Å². The standard InChI is InChI=1S/C13H16FN3O/c1-10-9-17(6-7-18-2)13(15-10)16-12-5-3-4-11(14)8-12/h3-5,8-9H,6-7H2,1-2H3,(H,15,16). The maximum atomic E-state index is 13.1. The molecule has 0 spiro atoms. The number of methoxy groups -OCH3 is 1. The molecule has 4 nitrogen and oxygen atoms in total. The van der Waals surface area contributed by atoms with Gasteiger partial charge >= 0.3 is 0 Å². The average molecular weight is 249 g/mol. The van der Waals surface area contributed by atoms with Crippen molar-refractivity contribution >= 4 is 11.6 Å². The van der Waals surface area contributed by atoms with Crippen LogP contribution in [-0.4, -0.2) is 23.3 Å². The molecule has 96 valence electrons. The van der Waals surface area contributed by atoms with E-state index in [-0.39, 0.29) is 5.82 Å². The molecule has 2 aromatic rings. The summed E-state index contributed by atoms with van der Waals surface area (Å²) in [6, 6.07) is 6.30. The maximum absolute atomic E-state index is 13.1. The number of nitrogens with one attached hydrogen (secondary N) is 1. The van der Waals surface area contributed by atoms with Gasteiger partial charge in [-0.3, -0.25) is 0 Å². The molecule has 5 heteroatoms. The second-order valence-electron chi connectivity index (χ2n) is 4.03. The Balaban J connectivity index is 2.17. The van der Waals surface area contributed by atoms with Gasteiger partial charge in [0.1, 0.15) is 5.82 Å². The van der Waals surface area contributed by atoms with Gasteiger partial charge < -0.3 is 14.6 Å². The summed E-state index contributed by atoms with van der Waals surface area (Å²) in [5.41, 5.74) is 1.59. The summed E-state index contributed by atoms with van der Waals surface area (Å²) in [7, 11) is 1.66. The molecule has 0 aliphatic rings. The van der Waals surface area contributed by atoms with E-state index in [1.165, 1.54) is 12.1 Å². The van der Waals surface area contributed by atoms with Gasteiger partial charge in [-0.15, -0.1) is 0 Å². The molecule has 0 aliphatic heterocycles. The molecule has 0 amide bonds. The molecule has 0 aliphatic carbocycles. The van der Waals surface area contributed by atoms with Crippen LogP contribution in [0.1, 0.15) is 5.69 Å². The van der Waals surface area contributed by atoms with Crippen molar-refractivity contribution in [1.29, 1.82) is 0 Å². The summed E-state index contributed by atoms with van der Waals surface area (Å²) in [6.07, 6.45) is 1.93. The topological polar surface area (TPSA) is 39.1 Å². The number of ether oxygens (including phenoxy) is 1. The summed E-state index contributed by atoms with van der Waals surface area (Å²) >= 11 is 0. The first-order valence-corrected chi connectivity index (χ1v) is 5.74. The third kappa shape index (κ3) is 3.07. The van der Waals surface area contributed by atoms with Crippen molar-refractivity contribution in [3.8, 4) is 0 Å². The van der Waals surface area contributed by atoms with Crippen molar-refractivity contribution in [3.05, 3.63) is 42.0 Å². The number of hydrogen-bond donors (Lipinski definition) is 1. The second kappa shape index (κ2) is 5.64. The van der Waals surface area contributed by atoms with Crippen LogP contribution in [0.3, 0.4) is 0 Å². The SMILES string of the molecule is COCCn1cc(C)nc1Nc1cccc(F)c1. The van der Waals surface area contributed by atoms with Crippen LogP contribution in [0, 0.1) is 12.7 Å². The Hall–Kier alpha value is -1.88. The zero-order valence-corrected chi connectivity index (χ0v) is 10.5. The molecule has 1 heterocycles. The molecule has 1 N–H and O–H groups in total. The van der Waals surface area contributed by atoms with Gasteiger partial charge in [-0.2, -0.15) is 0 Å². The highest BCUT2D eigenvalue weighted by atomic mass is 19.1. The summed E-state index contributed by atoms with van der Waals surface area (Å²) < 4.78 is 20.1. The van der Waals surface area contributed by atoms with E-state index in [0.717, 1.165) is 5.69 Å². The number of halogens is 1. The Morgan fingerprint density at radius 1 is 1.44 bits per heavy atom. The van der Waals surface area contributed by atoms with E-state index in [1.807, 2.05) is 17.7 Å². The summed E-state index contributed by atoms with van der Waals surface area (Å²) in [4.78, 5) is 4.36. The fraction of sp³-hybridized carbons (Fsp3) is 0.308. The second-order valence-corrected chi connectivity index (χ2v) is 4.03. The van der Waals surface area contributed by atoms with E-state index in [4.69, 9.17) is 4.74 Å². The van der Waals surface area contributed by atoms with Crippen LogP contribution in [0.25, 0.3) is 0 Å². The zero-order valence-electron chi connectivity index (χ0n) is 10.5. The van der Waals surface area contributed by atoms with Gasteiger partial charge in [0, 0.05) is 25.5 Å². The lowest BCUT2D eigenvalue weighted by atomic mass is 10.3. The van der Waals surface area contributed by atoms with Crippen molar-refractivity contribution in [2.45, 2.75) is 13.5 Å². The van der Waals surface area contributed by atoms with Crippen LogP contribution in [0.2, 0.25) is 0 Å². The molecule has 0 bridgehead atoms. The maximum Gasteiger partial charge on any atom is 0.207 e. The van der Waals surface area contributed by atoms with Crippen molar-refractivity contribution in [2.24, 2.45) is 0 Å². The van der Waals surface area contributed by atoms with Gasteiger partial charge in [-0.05, 0) is 25.1 Å². The van der Waals surface area contributed by atoms with Crippen molar-refractivity contribution < 1.29 is 9.13 Å². The quantitative estimate of drug-likeness (QED) is 0.885. The monoisotopic (exact) mass is 249 g/mol. The lowest BCUT2D eigenvalue weighted by Gasteiger charge is -2.09. The van der Waals surface area contributed by atoms with Gasteiger partial charge in [0.05, 0.1) is 12.3 Å². The van der Waals surface area contributed by atoms with Gasteiger partial charge in [-0.1, -0.05) is 6.07 Å². The minimum atomic E-state index is -0.272. The number of benzene rings is 1. The highest BCUT2D eigenvalue weighted by molar-refractivity contribution is 5.53. The third-order valence-electron chi connectivity index (χ3n) is 2.51. The first-order valence-electron chi connectivity index (χ1n) is 5.74. The van der Waals surface area contributed by atoms with Crippen molar-refractivity contribution in [2.75, 3.05) is 19.0 Å². The first kappa shape index (κ1) is 12.6. The van der Waals surface area contributed by atoms with E-state index >= 15 is 0 Å². The van der Waals surface area contributed by atoms with Crippen LogP contribution >= 0.6 is 0 Å². The Kier molecular flexibility index (Phi) is 3.94. The van der Waals surface area contributed by atoms with Crippen molar-refractivity contribution in [1.82, 2.24) is 9.55 Å². The number of rotatable bonds is 5. The van der Waals surface area contributed by atoms with Crippen molar-refractivity contribution in [3.63, 3.8) is 0 Å². The summed E-state index contributed by atoms with van der Waals surface area (Å²) in [5, 5.41) is 3.10. The molecule has 0 saturated heterocycles. The molecule has 0 radical (unpaired) electrons. The first-order chi connectivity index (χ1) is 8.69. The number of hydrogen-bond acceptors (Lipinski definition) is 3. The summed E-state index contributed by atoms with van der Waals surface area (Å²) in [5.74, 6) is 0.418. The van der Waals surface area contributed by atoms with E-state index < -0.39 is 0 Å². The highest BCUT2D eigenvalue weighted by Crippen LogP contribution is 2.17. The molecule has 0 fully saturated rings. The van der Waals surface area contributed by atoms with Gasteiger partial charge in [-0.25, -0.2) is 9.37 Å². The Morgan fingerprint density at radius 3 is 3.00 bits per heavy atom. The van der Waals surface area contributed by atoms with E-state index in [2.05, 4.69) is 10.3 Å². The van der Waals surface area contributed by atoms with Crippen LogP contribution in [0.4, 0.5) is 16.0 Å². The predicted molar refractivity (Wildman–Crippen MR) is 68.5 cm³/mol. The Bertz CT molecular complexity index is 525. The Labute approximate surface area is 105 Å². The molecule has 0 unspecified atom stereocenters. The average Bonchev–Trinajstić information content (AvgIpc) is 2.67. The van der Waals surface area contributed by atoms with E-state index in [9.17, 15) is 4.39 Å². The largest absolute Gasteiger partial charge is 0.383 e. The van der Waals surface area contributed by atoms with Crippen LogP contribution in [-0.2, 0) is 11.3 Å². The fourth-order valence-corrected chi connectivity index (χ4v) is 1.70. The fourth-order valence-electron chi connectivity index (χ4n) is 1.70. The minimum absolute atomic E-state index is 0.272. The molecule has 0 saturated carbocycles. The lowest BCUT2D eigenvalue weighted by Crippen LogP contribution is -2.07. The number of nitrogens with zero attached hydrogens (tertiary/aromatic N) is 2. The molecule has 2 rings (SSSR count). The third-order valence-corrected chi connectivity index (χ3v) is 2.51. The molecule has 1 aromatic heterocycles. The van der Waals surface area contributed by atoms with Gasteiger partial charge in [0.25, 0.3) is 0 Å². The van der Waals surface area contributed by atoms with Crippen LogP contribution in [0.5, 0.6) is 0 Å². The summed E-state index contributed by atoms with van der Waals surface area (Å²) in [6.45, 7) is 3.22. The molecular weight excluding hydrogens is 233 g/mol. The highest BCUT2D eigenvalue weighted by Gasteiger charge is 2.06.